The number of fused-ring (bicyclic) bond motifs is 2. The molecule has 2 aromatic heterocycles. The number of methoxy groups -OCH3 is 1. The highest BCUT2D eigenvalue weighted by atomic mass is 16.5. The quantitative estimate of drug-likeness (QED) is 0.241. The van der Waals surface area contributed by atoms with Crippen molar-refractivity contribution in [2.75, 3.05) is 33.3 Å². The molecular weight excluding hydrogens is 550 g/mol. The van der Waals surface area contributed by atoms with Gasteiger partial charge in [0.25, 0.3) is 5.91 Å². The maximum Gasteiger partial charge on any atom is 0.254 e. The first-order valence-corrected chi connectivity index (χ1v) is 16.6. The van der Waals surface area contributed by atoms with Crippen LogP contribution in [0, 0.1) is 11.8 Å². The Balaban J connectivity index is 1.31. The van der Waals surface area contributed by atoms with Crippen LogP contribution in [-0.4, -0.2) is 69.0 Å². The topological polar surface area (TPSA) is 72.6 Å². The summed E-state index contributed by atoms with van der Waals surface area (Å²) in [6, 6.07) is 12.9. The minimum atomic E-state index is 0.0684. The number of benzene rings is 2. The molecule has 3 fully saturated rings. The van der Waals surface area contributed by atoms with Gasteiger partial charge in [0.2, 0.25) is 5.91 Å². The van der Waals surface area contributed by atoms with Crippen molar-refractivity contribution in [1.82, 2.24) is 23.9 Å². The Bertz CT molecular complexity index is 1720. The number of para-hydroxylation sites is 1. The number of ether oxygens (including phenoxy) is 1. The molecule has 44 heavy (non-hydrogen) atoms. The van der Waals surface area contributed by atoms with Crippen LogP contribution in [0.5, 0.6) is 5.75 Å². The molecule has 2 aromatic carbocycles. The summed E-state index contributed by atoms with van der Waals surface area (Å²) in [5.74, 6) is 3.48. The smallest absolute Gasteiger partial charge is 0.254 e. The van der Waals surface area contributed by atoms with Gasteiger partial charge in [-0.3, -0.25) is 9.59 Å². The number of carbonyl (C=O) groups excluding carboxylic acids is 2. The Morgan fingerprint density at radius 1 is 0.955 bits per heavy atom. The first kappa shape index (κ1) is 28.9. The van der Waals surface area contributed by atoms with E-state index in [0.29, 0.717) is 29.1 Å². The van der Waals surface area contributed by atoms with Gasteiger partial charge in [-0.25, -0.2) is 4.98 Å². The molecule has 7 rings (SSSR count). The van der Waals surface area contributed by atoms with E-state index in [0.717, 1.165) is 81.0 Å². The van der Waals surface area contributed by atoms with Gasteiger partial charge < -0.3 is 23.7 Å². The van der Waals surface area contributed by atoms with Crippen molar-refractivity contribution in [3.63, 3.8) is 0 Å². The van der Waals surface area contributed by atoms with Crippen LogP contribution in [0.25, 0.3) is 33.5 Å². The molecular formula is C36H45N5O3. The highest BCUT2D eigenvalue weighted by molar-refractivity contribution is 6.00. The Labute approximate surface area is 260 Å². The zero-order valence-electron chi connectivity index (χ0n) is 26.6. The number of hydrogen-bond acceptors (Lipinski definition) is 4. The lowest BCUT2D eigenvalue weighted by molar-refractivity contribution is -0.129. The molecule has 2 saturated heterocycles. The summed E-state index contributed by atoms with van der Waals surface area (Å²) >= 11 is 0. The fraction of sp³-hybridized carbons (Fsp3) is 0.528. The minimum Gasteiger partial charge on any atom is -0.494 e. The van der Waals surface area contributed by atoms with E-state index in [-0.39, 0.29) is 11.8 Å². The summed E-state index contributed by atoms with van der Waals surface area (Å²) in [4.78, 5) is 34.9. The lowest BCUT2D eigenvalue weighted by Gasteiger charge is -2.32. The van der Waals surface area contributed by atoms with Gasteiger partial charge >= 0.3 is 0 Å². The molecule has 232 valence electrons. The lowest BCUT2D eigenvalue weighted by Crippen LogP contribution is -2.39. The van der Waals surface area contributed by atoms with Gasteiger partial charge in [-0.2, -0.15) is 0 Å². The molecule has 0 radical (unpaired) electrons. The number of amides is 2. The number of hydrogen-bond donors (Lipinski definition) is 0. The molecule has 2 aliphatic heterocycles. The molecule has 0 unspecified atom stereocenters. The van der Waals surface area contributed by atoms with Crippen molar-refractivity contribution < 1.29 is 14.3 Å². The summed E-state index contributed by atoms with van der Waals surface area (Å²) in [6.07, 6.45) is 7.84. The van der Waals surface area contributed by atoms with Gasteiger partial charge in [-0.05, 0) is 80.0 Å². The number of likely N-dealkylation sites (tertiary alicyclic amines) is 2. The lowest BCUT2D eigenvalue weighted by atomic mass is 9.88. The van der Waals surface area contributed by atoms with E-state index in [4.69, 9.17) is 9.72 Å². The van der Waals surface area contributed by atoms with E-state index in [1.54, 1.807) is 14.0 Å². The van der Waals surface area contributed by atoms with Crippen LogP contribution < -0.4 is 4.74 Å². The SMILES string of the molecule is CC[C@@H]1CCCN(C(=O)c2cc(OC)c3c(c2)nc(-c2cc4cccc(C5CCN(C(C)=O)CC5)c4n2CC2CC2)n3C)C1. The summed E-state index contributed by atoms with van der Waals surface area (Å²) in [7, 11) is 3.74. The number of piperidine rings is 2. The van der Waals surface area contributed by atoms with E-state index in [1.165, 1.54) is 35.7 Å². The van der Waals surface area contributed by atoms with E-state index >= 15 is 0 Å². The van der Waals surface area contributed by atoms with Crippen molar-refractivity contribution in [3.05, 3.63) is 47.5 Å². The molecule has 4 aromatic rings. The fourth-order valence-corrected chi connectivity index (χ4v) is 7.71. The highest BCUT2D eigenvalue weighted by Gasteiger charge is 2.30. The van der Waals surface area contributed by atoms with Crippen molar-refractivity contribution in [2.45, 2.75) is 71.3 Å². The van der Waals surface area contributed by atoms with E-state index in [9.17, 15) is 9.59 Å². The molecule has 8 nitrogen and oxygen atoms in total. The van der Waals surface area contributed by atoms with Crippen molar-refractivity contribution in [2.24, 2.45) is 18.9 Å². The highest BCUT2D eigenvalue weighted by Crippen LogP contribution is 2.41. The molecule has 0 N–H and O–H groups in total. The molecule has 8 heteroatoms. The Morgan fingerprint density at radius 3 is 2.45 bits per heavy atom. The number of carbonyl (C=O) groups is 2. The number of rotatable bonds is 7. The Kier molecular flexibility index (Phi) is 7.63. The molecule has 3 aliphatic rings. The predicted octanol–water partition coefficient (Wildman–Crippen LogP) is 6.60. The summed E-state index contributed by atoms with van der Waals surface area (Å²) in [6.45, 7) is 8.12. The monoisotopic (exact) mass is 595 g/mol. The minimum absolute atomic E-state index is 0.0684. The molecule has 1 atom stereocenters. The predicted molar refractivity (Wildman–Crippen MR) is 174 cm³/mol. The normalized spacial score (nSPS) is 19.7. The fourth-order valence-electron chi connectivity index (χ4n) is 7.71. The summed E-state index contributed by atoms with van der Waals surface area (Å²) in [5.41, 5.74) is 6.14. The zero-order chi connectivity index (χ0) is 30.5. The van der Waals surface area contributed by atoms with E-state index in [1.807, 2.05) is 21.9 Å². The third kappa shape index (κ3) is 5.16. The molecule has 0 spiro atoms. The number of aryl methyl sites for hydroxylation is 1. The Morgan fingerprint density at radius 2 is 1.75 bits per heavy atom. The van der Waals surface area contributed by atoms with Gasteiger partial charge in [0, 0.05) is 57.6 Å². The summed E-state index contributed by atoms with van der Waals surface area (Å²) in [5, 5.41) is 1.23. The second-order valence-electron chi connectivity index (χ2n) is 13.4. The molecule has 1 saturated carbocycles. The molecule has 0 bridgehead atoms. The second kappa shape index (κ2) is 11.6. The van der Waals surface area contributed by atoms with Crippen molar-refractivity contribution >= 4 is 33.8 Å². The number of nitrogens with zero attached hydrogens (tertiary/aromatic N) is 5. The van der Waals surface area contributed by atoms with Crippen LogP contribution in [0.2, 0.25) is 0 Å². The molecule has 2 amide bonds. The third-order valence-corrected chi connectivity index (χ3v) is 10.5. The Hall–Kier alpha value is -3.81. The third-order valence-electron chi connectivity index (χ3n) is 10.5. The molecule has 1 aliphatic carbocycles. The standard InChI is InChI=1S/C36H45N5O3/c1-5-24-8-7-15-40(21-24)36(43)28-18-30-34(32(20-28)44-4)38(3)35(37-30)31-19-27-9-6-10-29(33(27)41(31)22-25-11-12-25)26-13-16-39(17-14-26)23(2)42/h6,9-10,18-20,24-26H,5,7-8,11-17,21-22H2,1-4H3/t24-/m1/s1. The van der Waals surface area contributed by atoms with Crippen LogP contribution in [0.4, 0.5) is 0 Å². The van der Waals surface area contributed by atoms with Gasteiger partial charge in [-0.15, -0.1) is 0 Å². The van der Waals surface area contributed by atoms with Gasteiger partial charge in [-0.1, -0.05) is 31.5 Å². The maximum absolute atomic E-state index is 13.7. The van der Waals surface area contributed by atoms with Gasteiger partial charge in [0.05, 0.1) is 23.8 Å². The largest absolute Gasteiger partial charge is 0.494 e. The van der Waals surface area contributed by atoms with Crippen LogP contribution in [0.3, 0.4) is 0 Å². The second-order valence-corrected chi connectivity index (χ2v) is 13.4. The number of aromatic nitrogens is 3. The van der Waals surface area contributed by atoms with Crippen LogP contribution in [0.1, 0.15) is 80.6 Å². The zero-order valence-corrected chi connectivity index (χ0v) is 26.6. The van der Waals surface area contributed by atoms with Gasteiger partial charge in [0.1, 0.15) is 11.3 Å². The van der Waals surface area contributed by atoms with Crippen molar-refractivity contribution in [3.8, 4) is 17.3 Å². The molecule has 4 heterocycles. The number of imidazole rings is 1. The maximum atomic E-state index is 13.7. The van der Waals surface area contributed by atoms with Crippen molar-refractivity contribution in [1.29, 1.82) is 0 Å². The average molecular weight is 596 g/mol. The first-order valence-electron chi connectivity index (χ1n) is 16.6. The van der Waals surface area contributed by atoms with E-state index in [2.05, 4.69) is 47.4 Å². The van der Waals surface area contributed by atoms with Crippen LogP contribution in [0.15, 0.2) is 36.4 Å². The van der Waals surface area contributed by atoms with Crippen LogP contribution >= 0.6 is 0 Å². The van der Waals surface area contributed by atoms with E-state index < -0.39 is 0 Å². The first-order chi connectivity index (χ1) is 21.4. The van der Waals surface area contributed by atoms with Gasteiger partial charge in [0.15, 0.2) is 5.82 Å². The van der Waals surface area contributed by atoms with Crippen LogP contribution in [-0.2, 0) is 18.4 Å². The average Bonchev–Trinajstić information content (AvgIpc) is 3.72. The summed E-state index contributed by atoms with van der Waals surface area (Å²) < 4.78 is 10.5.